The van der Waals surface area contributed by atoms with Crippen molar-refractivity contribution in [2.45, 2.75) is 19.4 Å². The fraction of sp³-hybridized carbons (Fsp3) is 0.400. The third-order valence-electron chi connectivity index (χ3n) is 3.23. The Hall–Kier alpha value is -1.33. The number of halogens is 1. The van der Waals surface area contributed by atoms with Crippen molar-refractivity contribution in [3.8, 4) is 5.75 Å². The molecule has 0 spiro atoms. The van der Waals surface area contributed by atoms with Crippen LogP contribution in [0, 0.1) is 0 Å². The van der Waals surface area contributed by atoms with Crippen LogP contribution < -0.4 is 10.1 Å². The second-order valence-corrected chi connectivity index (χ2v) is 5.53. The summed E-state index contributed by atoms with van der Waals surface area (Å²) in [5.41, 5.74) is 1.13. The van der Waals surface area contributed by atoms with Gasteiger partial charge in [-0.05, 0) is 36.7 Å². The Labute approximate surface area is 128 Å². The fourth-order valence-corrected chi connectivity index (χ4v) is 2.63. The topological polar surface area (TPSA) is 39.1 Å². The molecule has 2 rings (SSSR count). The molecule has 1 atom stereocenters. The summed E-state index contributed by atoms with van der Waals surface area (Å²) in [6.45, 7) is 3.09. The summed E-state index contributed by atoms with van der Waals surface area (Å²) < 4.78 is 8.43. The van der Waals surface area contributed by atoms with Gasteiger partial charge >= 0.3 is 0 Å². The highest BCUT2D eigenvalue weighted by molar-refractivity contribution is 9.10. The van der Waals surface area contributed by atoms with Gasteiger partial charge in [0.15, 0.2) is 0 Å². The predicted octanol–water partition coefficient (Wildman–Crippen LogP) is 3.28. The lowest BCUT2D eigenvalue weighted by atomic mass is 10.1. The van der Waals surface area contributed by atoms with Crippen molar-refractivity contribution in [1.82, 2.24) is 14.9 Å². The highest BCUT2D eigenvalue weighted by Crippen LogP contribution is 2.31. The molecule has 0 saturated carbocycles. The standard InChI is InChI=1S/C15H20BrN3O/c1-4-7-17-14(15-18-8-9-19(15)2)12-10-11(20-3)5-6-13(12)16/h5-6,8-10,14,17H,4,7H2,1-3H3. The van der Waals surface area contributed by atoms with Crippen molar-refractivity contribution in [3.63, 3.8) is 0 Å². The molecule has 0 radical (unpaired) electrons. The molecule has 1 aromatic carbocycles. The smallest absolute Gasteiger partial charge is 0.130 e. The Bertz CT molecular complexity index is 568. The maximum atomic E-state index is 5.34. The first kappa shape index (κ1) is 15.1. The molecule has 1 aromatic heterocycles. The maximum Gasteiger partial charge on any atom is 0.130 e. The van der Waals surface area contributed by atoms with E-state index in [4.69, 9.17) is 4.74 Å². The predicted molar refractivity (Wildman–Crippen MR) is 84.0 cm³/mol. The van der Waals surface area contributed by atoms with Gasteiger partial charge in [0.25, 0.3) is 0 Å². The lowest BCUT2D eigenvalue weighted by Crippen LogP contribution is -2.26. The van der Waals surface area contributed by atoms with Gasteiger partial charge in [0.2, 0.25) is 0 Å². The molecule has 2 aromatic rings. The Morgan fingerprint density at radius 2 is 2.25 bits per heavy atom. The van der Waals surface area contributed by atoms with Crippen molar-refractivity contribution in [2.24, 2.45) is 7.05 Å². The van der Waals surface area contributed by atoms with E-state index >= 15 is 0 Å². The molecule has 0 aliphatic carbocycles. The lowest BCUT2D eigenvalue weighted by molar-refractivity contribution is 0.413. The van der Waals surface area contributed by atoms with E-state index in [1.807, 2.05) is 42.2 Å². The van der Waals surface area contributed by atoms with Gasteiger partial charge in [-0.3, -0.25) is 0 Å². The molecule has 1 unspecified atom stereocenters. The molecule has 108 valence electrons. The number of hydrogen-bond donors (Lipinski definition) is 1. The molecule has 0 amide bonds. The van der Waals surface area contributed by atoms with E-state index in [1.165, 1.54) is 0 Å². The fourth-order valence-electron chi connectivity index (χ4n) is 2.15. The third kappa shape index (κ3) is 3.22. The first-order valence-electron chi connectivity index (χ1n) is 6.71. The average Bonchev–Trinajstić information content (AvgIpc) is 2.87. The molecule has 20 heavy (non-hydrogen) atoms. The normalized spacial score (nSPS) is 12.4. The van der Waals surface area contributed by atoms with E-state index in [9.17, 15) is 0 Å². The molecule has 0 fully saturated rings. The van der Waals surface area contributed by atoms with Gasteiger partial charge < -0.3 is 14.6 Å². The zero-order chi connectivity index (χ0) is 14.5. The van der Waals surface area contributed by atoms with E-state index in [1.54, 1.807) is 7.11 Å². The first-order chi connectivity index (χ1) is 9.67. The van der Waals surface area contributed by atoms with Crippen LogP contribution in [0.1, 0.15) is 30.8 Å². The number of aryl methyl sites for hydroxylation is 1. The van der Waals surface area contributed by atoms with E-state index < -0.39 is 0 Å². The van der Waals surface area contributed by atoms with Gasteiger partial charge in [-0.15, -0.1) is 0 Å². The summed E-state index contributed by atoms with van der Waals surface area (Å²) >= 11 is 3.63. The summed E-state index contributed by atoms with van der Waals surface area (Å²) in [6.07, 6.45) is 4.86. The summed E-state index contributed by atoms with van der Waals surface area (Å²) in [7, 11) is 3.69. The van der Waals surface area contributed by atoms with Gasteiger partial charge in [0, 0.05) is 23.9 Å². The van der Waals surface area contributed by atoms with Crippen LogP contribution in [0.5, 0.6) is 5.75 Å². The zero-order valence-electron chi connectivity index (χ0n) is 12.1. The van der Waals surface area contributed by atoms with Crippen LogP contribution >= 0.6 is 15.9 Å². The summed E-state index contributed by atoms with van der Waals surface area (Å²) in [4.78, 5) is 4.48. The van der Waals surface area contributed by atoms with Crippen LogP contribution in [0.4, 0.5) is 0 Å². The second kappa shape index (κ2) is 6.90. The molecule has 0 aliphatic rings. The van der Waals surface area contributed by atoms with Crippen LogP contribution in [-0.4, -0.2) is 23.2 Å². The highest BCUT2D eigenvalue weighted by Gasteiger charge is 2.20. The Morgan fingerprint density at radius 1 is 1.45 bits per heavy atom. The molecule has 1 heterocycles. The van der Waals surface area contributed by atoms with Gasteiger partial charge in [0.1, 0.15) is 11.6 Å². The number of nitrogens with one attached hydrogen (secondary N) is 1. The molecule has 1 N–H and O–H groups in total. The van der Waals surface area contributed by atoms with E-state index in [0.29, 0.717) is 0 Å². The molecular formula is C15H20BrN3O. The highest BCUT2D eigenvalue weighted by atomic mass is 79.9. The number of aromatic nitrogens is 2. The van der Waals surface area contributed by atoms with Gasteiger partial charge in [-0.2, -0.15) is 0 Å². The van der Waals surface area contributed by atoms with Crippen LogP contribution in [0.25, 0.3) is 0 Å². The van der Waals surface area contributed by atoms with Crippen molar-refractivity contribution in [2.75, 3.05) is 13.7 Å². The molecular weight excluding hydrogens is 318 g/mol. The molecule has 0 saturated heterocycles. The summed E-state index contributed by atoms with van der Waals surface area (Å²) in [5, 5.41) is 3.55. The minimum Gasteiger partial charge on any atom is -0.497 e. The SMILES string of the molecule is CCCNC(c1cc(OC)ccc1Br)c1nccn1C. The van der Waals surface area contributed by atoms with Gasteiger partial charge in [-0.25, -0.2) is 4.98 Å². The van der Waals surface area contributed by atoms with Gasteiger partial charge in [-0.1, -0.05) is 22.9 Å². The maximum absolute atomic E-state index is 5.34. The zero-order valence-corrected chi connectivity index (χ0v) is 13.6. The summed E-state index contributed by atoms with van der Waals surface area (Å²) in [5.74, 6) is 1.84. The van der Waals surface area contributed by atoms with E-state index in [-0.39, 0.29) is 6.04 Å². The van der Waals surface area contributed by atoms with E-state index in [2.05, 4.69) is 33.2 Å². The summed E-state index contributed by atoms with van der Waals surface area (Å²) in [6, 6.07) is 6.05. The monoisotopic (exact) mass is 337 g/mol. The number of rotatable bonds is 6. The Morgan fingerprint density at radius 3 is 2.85 bits per heavy atom. The molecule has 0 bridgehead atoms. The van der Waals surface area contributed by atoms with Crippen molar-refractivity contribution in [1.29, 1.82) is 0 Å². The van der Waals surface area contributed by atoms with Crippen LogP contribution in [-0.2, 0) is 7.05 Å². The Balaban J connectivity index is 2.43. The molecule has 4 nitrogen and oxygen atoms in total. The molecule has 5 heteroatoms. The minimum atomic E-state index is 0.0411. The van der Waals surface area contributed by atoms with Crippen molar-refractivity contribution in [3.05, 3.63) is 46.5 Å². The number of nitrogens with zero attached hydrogens (tertiary/aromatic N) is 2. The second-order valence-electron chi connectivity index (χ2n) is 4.67. The van der Waals surface area contributed by atoms with Crippen LogP contribution in [0.3, 0.4) is 0 Å². The third-order valence-corrected chi connectivity index (χ3v) is 3.95. The van der Waals surface area contributed by atoms with Crippen LogP contribution in [0.2, 0.25) is 0 Å². The van der Waals surface area contributed by atoms with Crippen LogP contribution in [0.15, 0.2) is 35.1 Å². The average molecular weight is 338 g/mol. The number of imidazole rings is 1. The van der Waals surface area contributed by atoms with Gasteiger partial charge in [0.05, 0.1) is 13.2 Å². The molecule has 0 aliphatic heterocycles. The van der Waals surface area contributed by atoms with Crippen molar-refractivity contribution < 1.29 is 4.74 Å². The number of benzene rings is 1. The van der Waals surface area contributed by atoms with Crippen molar-refractivity contribution >= 4 is 15.9 Å². The quantitative estimate of drug-likeness (QED) is 0.879. The number of hydrogen-bond acceptors (Lipinski definition) is 3. The minimum absolute atomic E-state index is 0.0411. The number of methoxy groups -OCH3 is 1. The first-order valence-corrected chi connectivity index (χ1v) is 7.50. The van der Waals surface area contributed by atoms with E-state index in [0.717, 1.165) is 34.6 Å². The number of ether oxygens (including phenoxy) is 1. The largest absolute Gasteiger partial charge is 0.497 e. The lowest BCUT2D eigenvalue weighted by Gasteiger charge is -2.20. The Kier molecular flexibility index (Phi) is 5.20.